The molecule has 9 heteroatoms. The van der Waals surface area contributed by atoms with Crippen LogP contribution >= 0.6 is 11.6 Å². The quantitative estimate of drug-likeness (QED) is 0.715. The molecule has 1 aliphatic rings. The van der Waals surface area contributed by atoms with Gasteiger partial charge in [0.1, 0.15) is 12.1 Å². The second-order valence-corrected chi connectivity index (χ2v) is 7.42. The molecule has 4 rings (SSSR count). The number of amides is 2. The Labute approximate surface area is 174 Å². The number of nitrogens with one attached hydrogen (secondary N) is 1. The third kappa shape index (κ3) is 4.32. The molecule has 1 N–H and O–H groups in total. The number of halogens is 1. The van der Waals surface area contributed by atoms with Crippen LogP contribution in [0.2, 0.25) is 5.02 Å². The molecule has 2 aromatic heterocycles. The zero-order valence-electron chi connectivity index (χ0n) is 16.3. The van der Waals surface area contributed by atoms with Gasteiger partial charge in [-0.05, 0) is 44.2 Å². The number of hydrogen-bond acceptors (Lipinski definition) is 5. The molecule has 29 heavy (non-hydrogen) atoms. The summed E-state index contributed by atoms with van der Waals surface area (Å²) in [4.78, 5) is 25.2. The lowest BCUT2D eigenvalue weighted by Gasteiger charge is -2.35. The van der Waals surface area contributed by atoms with Crippen molar-refractivity contribution < 1.29 is 4.79 Å². The van der Waals surface area contributed by atoms with Crippen LogP contribution in [-0.2, 0) is 0 Å². The third-order valence-corrected chi connectivity index (χ3v) is 5.10. The molecule has 1 aliphatic heterocycles. The molecule has 3 heterocycles. The van der Waals surface area contributed by atoms with E-state index in [9.17, 15) is 4.79 Å². The molecule has 0 radical (unpaired) electrons. The lowest BCUT2D eigenvalue weighted by Crippen LogP contribution is -2.50. The number of urea groups is 1. The summed E-state index contributed by atoms with van der Waals surface area (Å²) in [5, 5.41) is 8.03. The first-order valence-corrected chi connectivity index (χ1v) is 9.79. The van der Waals surface area contributed by atoms with Crippen LogP contribution in [0.4, 0.5) is 16.3 Å². The largest absolute Gasteiger partial charge is 0.353 e. The van der Waals surface area contributed by atoms with Crippen LogP contribution in [0.25, 0.3) is 5.82 Å². The maximum absolute atomic E-state index is 12.5. The smallest absolute Gasteiger partial charge is 0.321 e. The molecule has 3 aromatic rings. The van der Waals surface area contributed by atoms with E-state index >= 15 is 0 Å². The van der Waals surface area contributed by atoms with Crippen molar-refractivity contribution in [2.45, 2.75) is 13.8 Å². The predicted molar refractivity (Wildman–Crippen MR) is 113 cm³/mol. The lowest BCUT2D eigenvalue weighted by molar-refractivity contribution is 0.208. The van der Waals surface area contributed by atoms with Crippen molar-refractivity contribution >= 4 is 29.1 Å². The molecule has 0 atom stereocenters. The Morgan fingerprint density at radius 1 is 1.00 bits per heavy atom. The van der Waals surface area contributed by atoms with Gasteiger partial charge < -0.3 is 15.1 Å². The number of hydrogen-bond donors (Lipinski definition) is 1. The van der Waals surface area contributed by atoms with Crippen molar-refractivity contribution in [1.82, 2.24) is 24.6 Å². The second kappa shape index (κ2) is 8.08. The standard InChI is InChI=1S/C20H22ClN7O/c1-14-11-15(2)28(25-14)19-12-18(22-13-23-19)26-7-9-27(10-8-26)20(29)24-17-5-3-16(21)4-6-17/h3-6,11-13H,7-10H2,1-2H3,(H,24,29). The number of aromatic nitrogens is 4. The Balaban J connectivity index is 1.39. The van der Waals surface area contributed by atoms with E-state index in [1.54, 1.807) is 35.5 Å². The minimum absolute atomic E-state index is 0.113. The van der Waals surface area contributed by atoms with E-state index in [1.807, 2.05) is 30.7 Å². The fourth-order valence-electron chi connectivity index (χ4n) is 3.36. The fraction of sp³-hybridized carbons (Fsp3) is 0.300. The first kappa shape index (κ1) is 19.2. The number of carbonyl (C=O) groups is 1. The molecule has 1 saturated heterocycles. The highest BCUT2D eigenvalue weighted by Crippen LogP contribution is 2.18. The summed E-state index contributed by atoms with van der Waals surface area (Å²) in [6.45, 7) is 6.57. The second-order valence-electron chi connectivity index (χ2n) is 6.98. The van der Waals surface area contributed by atoms with Crippen LogP contribution in [0, 0.1) is 13.8 Å². The maximum Gasteiger partial charge on any atom is 0.321 e. The predicted octanol–water partition coefficient (Wildman–Crippen LogP) is 3.29. The number of nitrogens with zero attached hydrogens (tertiary/aromatic N) is 6. The number of aryl methyl sites for hydroxylation is 2. The minimum atomic E-state index is -0.113. The van der Waals surface area contributed by atoms with E-state index < -0.39 is 0 Å². The van der Waals surface area contributed by atoms with Gasteiger partial charge in [-0.1, -0.05) is 11.6 Å². The van der Waals surface area contributed by atoms with E-state index in [-0.39, 0.29) is 6.03 Å². The first-order valence-electron chi connectivity index (χ1n) is 9.42. The van der Waals surface area contributed by atoms with Gasteiger partial charge >= 0.3 is 6.03 Å². The third-order valence-electron chi connectivity index (χ3n) is 4.85. The van der Waals surface area contributed by atoms with E-state index in [4.69, 9.17) is 11.6 Å². The average molecular weight is 412 g/mol. The van der Waals surface area contributed by atoms with Crippen molar-refractivity contribution in [3.63, 3.8) is 0 Å². The van der Waals surface area contributed by atoms with Crippen molar-refractivity contribution in [2.75, 3.05) is 36.4 Å². The monoisotopic (exact) mass is 411 g/mol. The zero-order valence-corrected chi connectivity index (χ0v) is 17.1. The molecule has 0 unspecified atom stereocenters. The fourth-order valence-corrected chi connectivity index (χ4v) is 3.49. The van der Waals surface area contributed by atoms with Gasteiger partial charge in [-0.15, -0.1) is 0 Å². The zero-order chi connectivity index (χ0) is 20.4. The van der Waals surface area contributed by atoms with Crippen LogP contribution in [-0.4, -0.2) is 56.9 Å². The van der Waals surface area contributed by atoms with Gasteiger partial charge in [-0.2, -0.15) is 5.10 Å². The summed E-state index contributed by atoms with van der Waals surface area (Å²) in [6, 6.07) is 10.9. The van der Waals surface area contributed by atoms with Gasteiger partial charge in [-0.25, -0.2) is 19.4 Å². The molecule has 2 amide bonds. The average Bonchev–Trinajstić information content (AvgIpc) is 3.08. The Hall–Kier alpha value is -3.13. The van der Waals surface area contributed by atoms with E-state index in [0.29, 0.717) is 31.2 Å². The Morgan fingerprint density at radius 3 is 2.34 bits per heavy atom. The Morgan fingerprint density at radius 2 is 1.69 bits per heavy atom. The summed E-state index contributed by atoms with van der Waals surface area (Å²) in [5.41, 5.74) is 2.70. The van der Waals surface area contributed by atoms with Gasteiger partial charge in [-0.3, -0.25) is 0 Å². The van der Waals surface area contributed by atoms with Gasteiger partial charge in [0, 0.05) is 48.6 Å². The molecular formula is C20H22ClN7O. The normalized spacial score (nSPS) is 14.2. The topological polar surface area (TPSA) is 79.2 Å². The highest BCUT2D eigenvalue weighted by atomic mass is 35.5. The summed E-state index contributed by atoms with van der Waals surface area (Å²) in [5.74, 6) is 1.57. The number of benzene rings is 1. The van der Waals surface area contributed by atoms with Crippen LogP contribution in [0.15, 0.2) is 42.7 Å². The SMILES string of the molecule is Cc1cc(C)n(-c2cc(N3CCN(C(=O)Nc4ccc(Cl)cc4)CC3)ncn2)n1. The van der Waals surface area contributed by atoms with Crippen LogP contribution in [0.1, 0.15) is 11.4 Å². The highest BCUT2D eigenvalue weighted by molar-refractivity contribution is 6.30. The maximum atomic E-state index is 12.5. The van der Waals surface area contributed by atoms with Crippen LogP contribution < -0.4 is 10.2 Å². The van der Waals surface area contributed by atoms with E-state index in [0.717, 1.165) is 28.7 Å². The van der Waals surface area contributed by atoms with Crippen LogP contribution in [0.3, 0.4) is 0 Å². The van der Waals surface area contributed by atoms with Crippen molar-refractivity contribution in [3.8, 4) is 5.82 Å². The molecule has 8 nitrogen and oxygen atoms in total. The van der Waals surface area contributed by atoms with Crippen molar-refractivity contribution in [2.24, 2.45) is 0 Å². The molecule has 0 aliphatic carbocycles. The van der Waals surface area contributed by atoms with Gasteiger partial charge in [0.2, 0.25) is 0 Å². The van der Waals surface area contributed by atoms with E-state index in [1.165, 1.54) is 0 Å². The van der Waals surface area contributed by atoms with Gasteiger partial charge in [0.25, 0.3) is 0 Å². The number of carbonyl (C=O) groups excluding carboxylic acids is 1. The summed E-state index contributed by atoms with van der Waals surface area (Å²) < 4.78 is 1.82. The highest BCUT2D eigenvalue weighted by Gasteiger charge is 2.22. The number of rotatable bonds is 3. The molecule has 150 valence electrons. The minimum Gasteiger partial charge on any atom is -0.353 e. The molecule has 1 aromatic carbocycles. The Bertz CT molecular complexity index is 1010. The molecule has 0 bridgehead atoms. The molecular weight excluding hydrogens is 390 g/mol. The van der Waals surface area contributed by atoms with E-state index in [2.05, 4.69) is 25.3 Å². The molecule has 0 saturated carbocycles. The Kier molecular flexibility index (Phi) is 5.35. The lowest BCUT2D eigenvalue weighted by atomic mass is 10.3. The van der Waals surface area contributed by atoms with Crippen LogP contribution in [0.5, 0.6) is 0 Å². The molecule has 0 spiro atoms. The summed E-state index contributed by atoms with van der Waals surface area (Å²) in [6.07, 6.45) is 1.56. The number of anilines is 2. The van der Waals surface area contributed by atoms with Gasteiger partial charge in [0.05, 0.1) is 5.69 Å². The summed E-state index contributed by atoms with van der Waals surface area (Å²) in [7, 11) is 0. The number of piperazine rings is 1. The molecule has 1 fully saturated rings. The van der Waals surface area contributed by atoms with Crippen molar-refractivity contribution in [1.29, 1.82) is 0 Å². The first-order chi connectivity index (χ1) is 14.0. The van der Waals surface area contributed by atoms with Crippen molar-refractivity contribution in [3.05, 3.63) is 59.1 Å². The summed E-state index contributed by atoms with van der Waals surface area (Å²) >= 11 is 5.89. The van der Waals surface area contributed by atoms with Gasteiger partial charge in [0.15, 0.2) is 5.82 Å².